The van der Waals surface area contributed by atoms with Crippen LogP contribution in [-0.2, 0) is 4.74 Å². The molecule has 0 aliphatic rings. The van der Waals surface area contributed by atoms with Crippen LogP contribution < -0.4 is 4.74 Å². The molecule has 2 heteroatoms. The van der Waals surface area contributed by atoms with Gasteiger partial charge in [0.2, 0.25) is 6.29 Å². The lowest BCUT2D eigenvalue weighted by molar-refractivity contribution is -0.168. The Morgan fingerprint density at radius 3 is 2.14 bits per heavy atom. The van der Waals surface area contributed by atoms with Crippen molar-refractivity contribution in [1.29, 1.82) is 0 Å². The number of hydrogen-bond donors (Lipinski definition) is 0. The molecule has 0 spiro atoms. The third-order valence-electron chi connectivity index (χ3n) is 5.60. The van der Waals surface area contributed by atoms with Gasteiger partial charge in [-0.05, 0) is 53.3 Å². The lowest BCUT2D eigenvalue weighted by atomic mass is 9.95. The molecule has 2 nitrogen and oxygen atoms in total. The van der Waals surface area contributed by atoms with Gasteiger partial charge in [-0.2, -0.15) is 0 Å². The summed E-state index contributed by atoms with van der Waals surface area (Å²) >= 11 is 0. The number of ether oxygens (including phenoxy) is 2. The van der Waals surface area contributed by atoms with E-state index >= 15 is 0 Å². The molecule has 0 radical (unpaired) electrons. The van der Waals surface area contributed by atoms with E-state index in [1.165, 1.54) is 21.9 Å². The Bertz CT molecular complexity index is 916. The van der Waals surface area contributed by atoms with E-state index in [4.69, 9.17) is 9.47 Å². The van der Waals surface area contributed by atoms with E-state index in [9.17, 15) is 0 Å². The first-order chi connectivity index (χ1) is 13.8. The monoisotopic (exact) mass is 390 g/mol. The van der Waals surface area contributed by atoms with E-state index in [0.717, 1.165) is 12.2 Å². The number of benzene rings is 3. The van der Waals surface area contributed by atoms with Gasteiger partial charge in [0.1, 0.15) is 5.75 Å². The molecule has 0 N–H and O–H groups in total. The minimum Gasteiger partial charge on any atom is -0.464 e. The number of fused-ring (bicyclic) bond motifs is 1. The highest BCUT2D eigenvalue weighted by Gasteiger charge is 2.30. The fourth-order valence-electron chi connectivity index (χ4n) is 3.51. The Kier molecular flexibility index (Phi) is 6.64. The summed E-state index contributed by atoms with van der Waals surface area (Å²) in [6, 6.07) is 23.3. The molecule has 3 aromatic carbocycles. The summed E-state index contributed by atoms with van der Waals surface area (Å²) in [5.74, 6) is 1.41. The average molecular weight is 391 g/mol. The molecule has 0 aromatic heterocycles. The van der Waals surface area contributed by atoms with E-state index in [1.807, 2.05) is 0 Å². The summed E-state index contributed by atoms with van der Waals surface area (Å²) in [6.45, 7) is 13.0. The smallest absolute Gasteiger partial charge is 0.205 e. The highest BCUT2D eigenvalue weighted by molar-refractivity contribution is 5.85. The first kappa shape index (κ1) is 21.4. The van der Waals surface area contributed by atoms with E-state index in [2.05, 4.69) is 108 Å². The van der Waals surface area contributed by atoms with Crippen molar-refractivity contribution < 1.29 is 9.47 Å². The Labute approximate surface area is 175 Å². The van der Waals surface area contributed by atoms with Gasteiger partial charge in [0.15, 0.2) is 0 Å². The third kappa shape index (κ3) is 5.19. The summed E-state index contributed by atoms with van der Waals surface area (Å²) in [5.41, 5.74) is 2.37. The summed E-state index contributed by atoms with van der Waals surface area (Å²) in [4.78, 5) is 0. The van der Waals surface area contributed by atoms with E-state index in [0.29, 0.717) is 5.92 Å². The molecular weight excluding hydrogens is 356 g/mol. The lowest BCUT2D eigenvalue weighted by Crippen LogP contribution is -2.35. The SMILES string of the molecule is CCC(C)c1ccc(OC(OC(C)c2cccc3ccccc23)C(C)(C)C)cc1. The minimum absolute atomic E-state index is 0.0790. The molecule has 3 atom stereocenters. The predicted octanol–water partition coefficient (Wildman–Crippen LogP) is 7.88. The van der Waals surface area contributed by atoms with Crippen LogP contribution in [0.5, 0.6) is 5.75 Å². The van der Waals surface area contributed by atoms with Crippen molar-refractivity contribution in [2.24, 2.45) is 5.41 Å². The molecule has 0 aliphatic carbocycles. The van der Waals surface area contributed by atoms with Crippen LogP contribution in [0.2, 0.25) is 0 Å². The maximum atomic E-state index is 6.49. The van der Waals surface area contributed by atoms with Crippen molar-refractivity contribution in [3.63, 3.8) is 0 Å². The normalized spacial score (nSPS) is 15.1. The van der Waals surface area contributed by atoms with Crippen LogP contribution in [0.15, 0.2) is 66.7 Å². The molecule has 0 heterocycles. The zero-order valence-corrected chi connectivity index (χ0v) is 18.6. The second-order valence-electron chi connectivity index (χ2n) is 9.04. The molecule has 3 rings (SSSR count). The molecule has 3 unspecified atom stereocenters. The Hall–Kier alpha value is -2.32. The van der Waals surface area contributed by atoms with Crippen molar-refractivity contribution >= 4 is 10.8 Å². The van der Waals surface area contributed by atoms with Crippen molar-refractivity contribution in [3.8, 4) is 5.75 Å². The van der Waals surface area contributed by atoms with Crippen molar-refractivity contribution in [2.45, 2.75) is 66.3 Å². The van der Waals surface area contributed by atoms with Gasteiger partial charge in [0.05, 0.1) is 6.10 Å². The summed E-state index contributed by atoms with van der Waals surface area (Å²) in [6.07, 6.45) is 0.701. The summed E-state index contributed by atoms with van der Waals surface area (Å²) in [7, 11) is 0. The van der Waals surface area contributed by atoms with Crippen LogP contribution >= 0.6 is 0 Å². The summed E-state index contributed by atoms with van der Waals surface area (Å²) in [5, 5.41) is 2.46. The van der Waals surface area contributed by atoms with Gasteiger partial charge in [-0.25, -0.2) is 0 Å². The molecule has 0 saturated carbocycles. The van der Waals surface area contributed by atoms with Crippen LogP contribution in [0.1, 0.15) is 71.1 Å². The highest BCUT2D eigenvalue weighted by Crippen LogP contribution is 2.33. The maximum absolute atomic E-state index is 6.49. The topological polar surface area (TPSA) is 18.5 Å². The molecular formula is C27H34O2. The van der Waals surface area contributed by atoms with Crippen molar-refractivity contribution in [1.82, 2.24) is 0 Å². The van der Waals surface area contributed by atoms with Gasteiger partial charge in [0.25, 0.3) is 0 Å². The Morgan fingerprint density at radius 1 is 0.828 bits per heavy atom. The van der Waals surface area contributed by atoms with Gasteiger partial charge in [-0.3, -0.25) is 0 Å². The van der Waals surface area contributed by atoms with Crippen LogP contribution in [-0.4, -0.2) is 6.29 Å². The maximum Gasteiger partial charge on any atom is 0.205 e. The lowest BCUT2D eigenvalue weighted by Gasteiger charge is -2.33. The van der Waals surface area contributed by atoms with Crippen molar-refractivity contribution in [2.75, 3.05) is 0 Å². The van der Waals surface area contributed by atoms with Gasteiger partial charge >= 0.3 is 0 Å². The second-order valence-corrected chi connectivity index (χ2v) is 9.04. The largest absolute Gasteiger partial charge is 0.464 e. The molecule has 29 heavy (non-hydrogen) atoms. The molecule has 0 saturated heterocycles. The molecule has 154 valence electrons. The van der Waals surface area contributed by atoms with Gasteiger partial charge < -0.3 is 9.47 Å². The van der Waals surface area contributed by atoms with Crippen molar-refractivity contribution in [3.05, 3.63) is 77.9 Å². The van der Waals surface area contributed by atoms with E-state index < -0.39 is 0 Å². The van der Waals surface area contributed by atoms with Gasteiger partial charge in [-0.15, -0.1) is 0 Å². The Balaban J connectivity index is 1.80. The molecule has 3 aromatic rings. The zero-order chi connectivity index (χ0) is 21.0. The van der Waals surface area contributed by atoms with Crippen LogP contribution in [0, 0.1) is 5.41 Å². The number of hydrogen-bond acceptors (Lipinski definition) is 2. The fraction of sp³-hybridized carbons (Fsp3) is 0.407. The quantitative estimate of drug-likeness (QED) is 0.382. The van der Waals surface area contributed by atoms with Crippen LogP contribution in [0.4, 0.5) is 0 Å². The zero-order valence-electron chi connectivity index (χ0n) is 18.6. The van der Waals surface area contributed by atoms with E-state index in [1.54, 1.807) is 0 Å². The average Bonchev–Trinajstić information content (AvgIpc) is 2.72. The Morgan fingerprint density at radius 2 is 1.48 bits per heavy atom. The second kappa shape index (κ2) is 9.00. The number of rotatable bonds is 7. The van der Waals surface area contributed by atoms with Gasteiger partial charge in [-0.1, -0.05) is 89.2 Å². The third-order valence-corrected chi connectivity index (χ3v) is 5.60. The molecule has 0 aliphatic heterocycles. The first-order valence-corrected chi connectivity index (χ1v) is 10.7. The standard InChI is InChI=1S/C27H34O2/c1-7-19(2)21-15-17-23(18-16-21)29-26(27(4,5)6)28-20(3)24-14-10-12-22-11-8-9-13-25(22)24/h8-20,26H,7H2,1-6H3. The van der Waals surface area contributed by atoms with E-state index in [-0.39, 0.29) is 17.8 Å². The molecule has 0 bridgehead atoms. The van der Waals surface area contributed by atoms with Crippen LogP contribution in [0.3, 0.4) is 0 Å². The predicted molar refractivity (Wildman–Crippen MR) is 122 cm³/mol. The fourth-order valence-corrected chi connectivity index (χ4v) is 3.51. The molecule has 0 fully saturated rings. The molecule has 0 amide bonds. The van der Waals surface area contributed by atoms with Gasteiger partial charge in [0, 0.05) is 5.41 Å². The minimum atomic E-state index is -0.356. The van der Waals surface area contributed by atoms with Crippen LogP contribution in [0.25, 0.3) is 10.8 Å². The highest BCUT2D eigenvalue weighted by atomic mass is 16.7. The summed E-state index contributed by atoms with van der Waals surface area (Å²) < 4.78 is 12.8. The first-order valence-electron chi connectivity index (χ1n) is 10.7.